The Bertz CT molecular complexity index is 1090. The molecule has 0 spiro atoms. The van der Waals surface area contributed by atoms with Crippen LogP contribution in [0.25, 0.3) is 5.65 Å². The highest BCUT2D eigenvalue weighted by Gasteiger charge is 2.18. The van der Waals surface area contributed by atoms with E-state index in [1.54, 1.807) is 24.5 Å². The Kier molecular flexibility index (Phi) is 4.32. The molecule has 0 aliphatic carbocycles. The Labute approximate surface area is 156 Å². The number of fused-ring (bicyclic) bond motifs is 1. The van der Waals surface area contributed by atoms with Gasteiger partial charge in [0.2, 0.25) is 0 Å². The van der Waals surface area contributed by atoms with Gasteiger partial charge in [-0.25, -0.2) is 9.37 Å². The first kappa shape index (κ1) is 17.1. The van der Waals surface area contributed by atoms with Crippen LogP contribution in [0.5, 0.6) is 0 Å². The van der Waals surface area contributed by atoms with Crippen LogP contribution >= 0.6 is 0 Å². The molecule has 0 bridgehead atoms. The number of pyridine rings is 1. The number of hydrogen-bond acceptors (Lipinski definition) is 4. The summed E-state index contributed by atoms with van der Waals surface area (Å²) in [5, 5.41) is 8.19. The van der Waals surface area contributed by atoms with Crippen molar-refractivity contribution in [1.29, 1.82) is 0 Å². The van der Waals surface area contributed by atoms with Gasteiger partial charge in [0.25, 0.3) is 0 Å². The van der Waals surface area contributed by atoms with Gasteiger partial charge in [0.1, 0.15) is 11.6 Å². The van der Waals surface area contributed by atoms with Crippen molar-refractivity contribution >= 4 is 11.5 Å². The lowest BCUT2D eigenvalue weighted by atomic mass is 9.99. The maximum absolute atomic E-state index is 13.4. The van der Waals surface area contributed by atoms with Gasteiger partial charge in [0, 0.05) is 29.7 Å². The molecule has 0 saturated carbocycles. The summed E-state index contributed by atoms with van der Waals surface area (Å²) in [6.07, 6.45) is 3.51. The second kappa shape index (κ2) is 6.79. The third-order valence-electron chi connectivity index (χ3n) is 4.72. The minimum atomic E-state index is -0.257. The van der Waals surface area contributed by atoms with E-state index in [0.29, 0.717) is 0 Å². The summed E-state index contributed by atoms with van der Waals surface area (Å²) in [5.41, 5.74) is 5.72. The van der Waals surface area contributed by atoms with Gasteiger partial charge < -0.3 is 5.32 Å². The molecule has 0 aliphatic rings. The lowest BCUT2D eigenvalue weighted by molar-refractivity contribution is 0.626. The summed E-state index contributed by atoms with van der Waals surface area (Å²) in [6.45, 7) is 5.96. The summed E-state index contributed by atoms with van der Waals surface area (Å²) in [4.78, 5) is 8.73. The molecule has 0 fully saturated rings. The predicted molar refractivity (Wildman–Crippen MR) is 103 cm³/mol. The molecule has 0 saturated heterocycles. The molecule has 136 valence electrons. The first-order valence-electron chi connectivity index (χ1n) is 8.78. The van der Waals surface area contributed by atoms with Crippen LogP contribution in [-0.2, 0) is 0 Å². The van der Waals surface area contributed by atoms with E-state index >= 15 is 0 Å². The molecule has 5 nitrogen and oxygen atoms in total. The zero-order chi connectivity index (χ0) is 19.0. The number of aromatic nitrogens is 4. The van der Waals surface area contributed by atoms with Gasteiger partial charge in [-0.15, -0.1) is 0 Å². The SMILES string of the molecule is Cc1cc(NC(c2ccncc2)c2ccc(F)cc2)n2nc(C)c(C)c2n1. The van der Waals surface area contributed by atoms with Crippen molar-refractivity contribution in [2.45, 2.75) is 26.8 Å². The molecule has 1 unspecified atom stereocenters. The van der Waals surface area contributed by atoms with Crippen molar-refractivity contribution in [3.05, 3.63) is 88.8 Å². The highest BCUT2D eigenvalue weighted by Crippen LogP contribution is 2.28. The van der Waals surface area contributed by atoms with Crippen molar-refractivity contribution in [1.82, 2.24) is 19.6 Å². The fraction of sp³-hybridized carbons (Fsp3) is 0.190. The van der Waals surface area contributed by atoms with Crippen LogP contribution in [0, 0.1) is 26.6 Å². The Morgan fingerprint density at radius 2 is 1.63 bits per heavy atom. The van der Waals surface area contributed by atoms with Crippen molar-refractivity contribution < 1.29 is 4.39 Å². The van der Waals surface area contributed by atoms with Crippen LogP contribution in [0.1, 0.15) is 34.1 Å². The first-order valence-corrected chi connectivity index (χ1v) is 8.78. The summed E-state index contributed by atoms with van der Waals surface area (Å²) in [6, 6.07) is 12.2. The monoisotopic (exact) mass is 361 g/mol. The third-order valence-corrected chi connectivity index (χ3v) is 4.72. The summed E-state index contributed by atoms with van der Waals surface area (Å²) < 4.78 is 15.3. The van der Waals surface area contributed by atoms with Crippen LogP contribution in [0.2, 0.25) is 0 Å². The molecule has 6 heteroatoms. The molecule has 0 radical (unpaired) electrons. The lowest BCUT2D eigenvalue weighted by Gasteiger charge is -2.21. The fourth-order valence-corrected chi connectivity index (χ4v) is 3.17. The number of aryl methyl sites for hydroxylation is 3. The minimum absolute atomic E-state index is 0.177. The van der Waals surface area contributed by atoms with Gasteiger partial charge >= 0.3 is 0 Å². The second-order valence-electron chi connectivity index (χ2n) is 6.64. The van der Waals surface area contributed by atoms with E-state index in [1.165, 1.54) is 12.1 Å². The van der Waals surface area contributed by atoms with Gasteiger partial charge in [0.05, 0.1) is 11.7 Å². The van der Waals surface area contributed by atoms with Crippen LogP contribution in [0.3, 0.4) is 0 Å². The number of hydrogen-bond donors (Lipinski definition) is 1. The van der Waals surface area contributed by atoms with Crippen molar-refractivity contribution in [3.63, 3.8) is 0 Å². The smallest absolute Gasteiger partial charge is 0.160 e. The number of nitrogens with one attached hydrogen (secondary N) is 1. The standard InChI is InChI=1S/C21H20FN5/c1-13-12-19(27-21(24-13)14(2)15(3)26-27)25-20(17-8-10-23-11-9-17)16-4-6-18(22)7-5-16/h4-12,20,25H,1-3H3. The van der Waals surface area contributed by atoms with Crippen molar-refractivity contribution in [2.24, 2.45) is 0 Å². The largest absolute Gasteiger partial charge is 0.359 e. The number of halogens is 1. The number of anilines is 1. The predicted octanol–water partition coefficient (Wildman–Crippen LogP) is 4.39. The average molecular weight is 361 g/mol. The van der Waals surface area contributed by atoms with Gasteiger partial charge in [0.15, 0.2) is 5.65 Å². The van der Waals surface area contributed by atoms with Crippen LogP contribution in [-0.4, -0.2) is 19.6 Å². The van der Waals surface area contributed by atoms with E-state index in [9.17, 15) is 4.39 Å². The molecule has 1 N–H and O–H groups in total. The maximum atomic E-state index is 13.4. The van der Waals surface area contributed by atoms with Crippen LogP contribution in [0.4, 0.5) is 10.2 Å². The Hall–Kier alpha value is -3.28. The lowest BCUT2D eigenvalue weighted by Crippen LogP contribution is -2.15. The van der Waals surface area contributed by atoms with Gasteiger partial charge in [-0.1, -0.05) is 12.1 Å². The van der Waals surface area contributed by atoms with E-state index in [0.717, 1.165) is 39.5 Å². The molecule has 0 amide bonds. The molecular weight excluding hydrogens is 341 g/mol. The highest BCUT2D eigenvalue weighted by molar-refractivity contribution is 5.57. The van der Waals surface area contributed by atoms with Crippen LogP contribution in [0.15, 0.2) is 54.9 Å². The molecule has 0 aliphatic heterocycles. The Morgan fingerprint density at radius 3 is 2.33 bits per heavy atom. The topological polar surface area (TPSA) is 55.1 Å². The van der Waals surface area contributed by atoms with Gasteiger partial charge in [-0.05, 0) is 56.2 Å². The molecule has 4 aromatic rings. The van der Waals surface area contributed by atoms with Crippen molar-refractivity contribution in [2.75, 3.05) is 5.32 Å². The summed E-state index contributed by atoms with van der Waals surface area (Å²) in [5.74, 6) is 0.576. The molecule has 1 atom stereocenters. The molecule has 1 aromatic carbocycles. The van der Waals surface area contributed by atoms with Gasteiger partial charge in [-0.3, -0.25) is 4.98 Å². The average Bonchev–Trinajstić information content (AvgIpc) is 2.96. The van der Waals surface area contributed by atoms with E-state index in [2.05, 4.69) is 20.4 Å². The van der Waals surface area contributed by atoms with E-state index in [4.69, 9.17) is 0 Å². The Balaban J connectivity index is 1.84. The van der Waals surface area contributed by atoms with E-state index in [-0.39, 0.29) is 11.9 Å². The maximum Gasteiger partial charge on any atom is 0.160 e. The first-order chi connectivity index (χ1) is 13.0. The van der Waals surface area contributed by atoms with Gasteiger partial charge in [-0.2, -0.15) is 9.61 Å². The quantitative estimate of drug-likeness (QED) is 0.586. The van der Waals surface area contributed by atoms with Crippen LogP contribution < -0.4 is 5.32 Å². The number of nitrogens with zero attached hydrogens (tertiary/aromatic N) is 4. The zero-order valence-electron chi connectivity index (χ0n) is 15.4. The highest BCUT2D eigenvalue weighted by atomic mass is 19.1. The van der Waals surface area contributed by atoms with Crippen molar-refractivity contribution in [3.8, 4) is 0 Å². The summed E-state index contributed by atoms with van der Waals surface area (Å²) >= 11 is 0. The normalized spacial score (nSPS) is 12.3. The number of benzene rings is 1. The Morgan fingerprint density at radius 1 is 0.963 bits per heavy atom. The fourth-order valence-electron chi connectivity index (χ4n) is 3.17. The third kappa shape index (κ3) is 3.26. The molecule has 4 rings (SSSR count). The minimum Gasteiger partial charge on any atom is -0.359 e. The van der Waals surface area contributed by atoms with E-state index < -0.39 is 0 Å². The second-order valence-corrected chi connectivity index (χ2v) is 6.64. The zero-order valence-corrected chi connectivity index (χ0v) is 15.4. The molecule has 3 heterocycles. The molecular formula is C21H20FN5. The summed E-state index contributed by atoms with van der Waals surface area (Å²) in [7, 11) is 0. The molecule has 3 aromatic heterocycles. The molecule has 27 heavy (non-hydrogen) atoms. The van der Waals surface area contributed by atoms with E-state index in [1.807, 2.05) is 43.5 Å². The number of rotatable bonds is 4.